The van der Waals surface area contributed by atoms with Gasteiger partial charge in [-0.05, 0) is 6.92 Å². The Bertz CT molecular complexity index is 377. The van der Waals surface area contributed by atoms with Crippen molar-refractivity contribution in [2.75, 3.05) is 6.61 Å². The first-order chi connectivity index (χ1) is 8.15. The third-order valence-corrected chi connectivity index (χ3v) is 2.37. The summed E-state index contributed by atoms with van der Waals surface area (Å²) in [7, 11) is 0. The maximum Gasteiger partial charge on any atom is 0.306 e. The van der Waals surface area contributed by atoms with Crippen molar-refractivity contribution < 1.29 is 14.5 Å². The summed E-state index contributed by atoms with van der Waals surface area (Å²) in [4.78, 5) is 21.7. The Morgan fingerprint density at radius 3 is 2.59 bits per heavy atom. The molecule has 1 aromatic rings. The van der Waals surface area contributed by atoms with Gasteiger partial charge in [-0.15, -0.1) is 0 Å². The maximum atomic E-state index is 11.2. The van der Waals surface area contributed by atoms with E-state index in [0.29, 0.717) is 12.2 Å². The molecule has 0 N–H and O–H groups in total. The molecule has 5 nitrogen and oxygen atoms in total. The largest absolute Gasteiger partial charge is 0.466 e. The number of benzene rings is 1. The van der Waals surface area contributed by atoms with Crippen molar-refractivity contribution >= 4 is 5.97 Å². The number of rotatable bonds is 6. The number of nitro groups is 1. The number of nitrogens with zero attached hydrogens (tertiary/aromatic N) is 1. The first-order valence-electron chi connectivity index (χ1n) is 5.49. The highest BCUT2D eigenvalue weighted by Gasteiger charge is 2.23. The summed E-state index contributed by atoms with van der Waals surface area (Å²) in [5, 5.41) is 10.9. The predicted molar refractivity (Wildman–Crippen MR) is 62.0 cm³/mol. The molecule has 5 heteroatoms. The van der Waals surface area contributed by atoms with E-state index >= 15 is 0 Å². The highest BCUT2D eigenvalue weighted by atomic mass is 16.6. The van der Waals surface area contributed by atoms with Crippen LogP contribution in [-0.4, -0.2) is 17.5 Å². The van der Waals surface area contributed by atoms with Crippen molar-refractivity contribution in [1.82, 2.24) is 0 Å². The van der Waals surface area contributed by atoms with Gasteiger partial charge in [0, 0.05) is 16.9 Å². The first-order valence-corrected chi connectivity index (χ1v) is 5.49. The molecule has 0 fully saturated rings. The van der Waals surface area contributed by atoms with E-state index in [9.17, 15) is 14.9 Å². The van der Waals surface area contributed by atoms with E-state index in [2.05, 4.69) is 0 Å². The zero-order valence-electron chi connectivity index (χ0n) is 9.67. The predicted octanol–water partition coefficient (Wildman–Crippen LogP) is 2.35. The quantitative estimate of drug-likeness (QED) is 0.432. The summed E-state index contributed by atoms with van der Waals surface area (Å²) >= 11 is 0. The molecule has 1 aromatic carbocycles. The van der Waals surface area contributed by atoms with Crippen molar-refractivity contribution in [3.63, 3.8) is 0 Å². The van der Waals surface area contributed by atoms with Crippen LogP contribution in [0.1, 0.15) is 31.4 Å². The normalized spacial score (nSPS) is 11.8. The Hall–Kier alpha value is -1.91. The molecular formula is C12H15NO4. The molecule has 17 heavy (non-hydrogen) atoms. The van der Waals surface area contributed by atoms with Gasteiger partial charge in [0.15, 0.2) is 0 Å². The molecule has 0 aliphatic rings. The molecule has 0 aliphatic heterocycles. The van der Waals surface area contributed by atoms with Gasteiger partial charge in [-0.25, -0.2) is 0 Å². The van der Waals surface area contributed by atoms with Crippen LogP contribution < -0.4 is 0 Å². The number of carbonyl (C=O) groups is 1. The van der Waals surface area contributed by atoms with Crippen molar-refractivity contribution in [3.8, 4) is 0 Å². The summed E-state index contributed by atoms with van der Waals surface area (Å²) in [5.74, 6) is -0.393. The summed E-state index contributed by atoms with van der Waals surface area (Å²) in [6, 6.07) is 7.83. The summed E-state index contributed by atoms with van der Waals surface area (Å²) < 4.78 is 4.75. The van der Waals surface area contributed by atoms with E-state index in [0.717, 1.165) is 0 Å². The van der Waals surface area contributed by atoms with E-state index < -0.39 is 12.0 Å². The minimum Gasteiger partial charge on any atom is -0.466 e. The molecule has 0 radical (unpaired) electrons. The molecule has 0 spiro atoms. The van der Waals surface area contributed by atoms with Crippen molar-refractivity contribution in [1.29, 1.82) is 0 Å². The first kappa shape index (κ1) is 13.2. The lowest BCUT2D eigenvalue weighted by molar-refractivity contribution is -0.529. The molecule has 1 unspecified atom stereocenters. The fourth-order valence-corrected chi connectivity index (χ4v) is 1.56. The number of esters is 1. The molecular weight excluding hydrogens is 222 g/mol. The van der Waals surface area contributed by atoms with E-state index in [-0.39, 0.29) is 17.8 Å². The van der Waals surface area contributed by atoms with Crippen LogP contribution in [0.3, 0.4) is 0 Å². The minimum absolute atomic E-state index is 0.0639. The van der Waals surface area contributed by atoms with Crippen LogP contribution in [0, 0.1) is 10.1 Å². The molecule has 0 amide bonds. The van der Waals surface area contributed by atoms with Gasteiger partial charge in [0.25, 0.3) is 0 Å². The minimum atomic E-state index is -0.847. The van der Waals surface area contributed by atoms with E-state index in [1.54, 1.807) is 37.3 Å². The van der Waals surface area contributed by atoms with Gasteiger partial charge < -0.3 is 4.74 Å². The molecule has 1 rings (SSSR count). The Morgan fingerprint density at radius 2 is 2.06 bits per heavy atom. The van der Waals surface area contributed by atoms with E-state index in [1.165, 1.54) is 0 Å². The number of hydrogen-bond donors (Lipinski definition) is 0. The fourth-order valence-electron chi connectivity index (χ4n) is 1.56. The van der Waals surface area contributed by atoms with Gasteiger partial charge in [-0.1, -0.05) is 30.3 Å². The second-order valence-corrected chi connectivity index (χ2v) is 3.56. The van der Waals surface area contributed by atoms with E-state index in [4.69, 9.17) is 4.74 Å². The molecule has 0 aliphatic carbocycles. The molecule has 1 atom stereocenters. The zero-order chi connectivity index (χ0) is 12.7. The molecule has 0 bridgehead atoms. The van der Waals surface area contributed by atoms with Gasteiger partial charge in [0.2, 0.25) is 6.04 Å². The van der Waals surface area contributed by atoms with Gasteiger partial charge in [0.1, 0.15) is 0 Å². The lowest BCUT2D eigenvalue weighted by Crippen LogP contribution is -2.13. The molecule has 0 heterocycles. The number of hydrogen-bond acceptors (Lipinski definition) is 4. The average Bonchev–Trinajstić information content (AvgIpc) is 2.30. The Labute approximate surface area is 99.5 Å². The molecule has 0 saturated carbocycles. The monoisotopic (exact) mass is 237 g/mol. The van der Waals surface area contributed by atoms with Gasteiger partial charge in [-0.2, -0.15) is 0 Å². The summed E-state index contributed by atoms with van der Waals surface area (Å²) in [5.41, 5.74) is 0.613. The average molecular weight is 237 g/mol. The van der Waals surface area contributed by atoms with Crippen LogP contribution in [0.5, 0.6) is 0 Å². The third-order valence-electron chi connectivity index (χ3n) is 2.37. The van der Waals surface area contributed by atoms with Crippen LogP contribution in [0.15, 0.2) is 30.3 Å². The van der Waals surface area contributed by atoms with Crippen molar-refractivity contribution in [2.24, 2.45) is 0 Å². The third kappa shape index (κ3) is 4.22. The Kier molecular flexibility index (Phi) is 5.13. The SMILES string of the molecule is CCOC(=O)CCC(c1ccccc1)[N+](=O)[O-]. The smallest absolute Gasteiger partial charge is 0.306 e. The van der Waals surface area contributed by atoms with Crippen LogP contribution in [0.2, 0.25) is 0 Å². The van der Waals surface area contributed by atoms with Crippen LogP contribution in [0.4, 0.5) is 0 Å². The molecule has 0 aromatic heterocycles. The fraction of sp³-hybridized carbons (Fsp3) is 0.417. The highest BCUT2D eigenvalue weighted by Crippen LogP contribution is 2.21. The van der Waals surface area contributed by atoms with Gasteiger partial charge in [0.05, 0.1) is 13.0 Å². The van der Waals surface area contributed by atoms with E-state index in [1.807, 2.05) is 0 Å². The zero-order valence-corrected chi connectivity index (χ0v) is 9.67. The number of carbonyl (C=O) groups excluding carboxylic acids is 1. The van der Waals surface area contributed by atoms with Crippen LogP contribution in [-0.2, 0) is 9.53 Å². The van der Waals surface area contributed by atoms with Gasteiger partial charge in [-0.3, -0.25) is 14.9 Å². The maximum absolute atomic E-state index is 11.2. The molecule has 0 saturated heterocycles. The van der Waals surface area contributed by atoms with Crippen LogP contribution >= 0.6 is 0 Å². The van der Waals surface area contributed by atoms with Crippen molar-refractivity contribution in [3.05, 3.63) is 46.0 Å². The standard InChI is InChI=1S/C12H15NO4/c1-2-17-12(14)9-8-11(13(15)16)10-6-4-3-5-7-10/h3-7,11H,2,8-9H2,1H3. The van der Waals surface area contributed by atoms with Crippen LogP contribution in [0.25, 0.3) is 0 Å². The van der Waals surface area contributed by atoms with Crippen molar-refractivity contribution in [2.45, 2.75) is 25.8 Å². The highest BCUT2D eigenvalue weighted by molar-refractivity contribution is 5.69. The lowest BCUT2D eigenvalue weighted by atomic mass is 10.0. The lowest BCUT2D eigenvalue weighted by Gasteiger charge is -2.09. The number of ether oxygens (including phenoxy) is 1. The Balaban J connectivity index is 2.62. The second kappa shape index (κ2) is 6.62. The second-order valence-electron chi connectivity index (χ2n) is 3.56. The summed E-state index contributed by atoms with van der Waals surface area (Å²) in [6.07, 6.45) is 0.226. The topological polar surface area (TPSA) is 69.4 Å². The Morgan fingerprint density at radius 1 is 1.41 bits per heavy atom. The molecule has 92 valence electrons. The van der Waals surface area contributed by atoms with Gasteiger partial charge >= 0.3 is 5.97 Å². The summed E-state index contributed by atoms with van der Waals surface area (Å²) in [6.45, 7) is 2.01.